The summed E-state index contributed by atoms with van der Waals surface area (Å²) in [6.07, 6.45) is 2.39. The van der Waals surface area contributed by atoms with Gasteiger partial charge >= 0.3 is 0 Å². The van der Waals surface area contributed by atoms with Crippen molar-refractivity contribution < 1.29 is 18.7 Å². The van der Waals surface area contributed by atoms with E-state index in [2.05, 4.69) is 4.90 Å². The molecule has 0 N–H and O–H groups in total. The molecule has 0 spiro atoms. The molecule has 7 heteroatoms. The number of furan rings is 1. The molecule has 0 aliphatic carbocycles. The molecule has 5 rings (SSSR count). The van der Waals surface area contributed by atoms with Gasteiger partial charge in [0, 0.05) is 38.3 Å². The van der Waals surface area contributed by atoms with Gasteiger partial charge in [-0.15, -0.1) is 0 Å². The quantitative estimate of drug-likeness (QED) is 0.238. The summed E-state index contributed by atoms with van der Waals surface area (Å²) in [5.41, 5.74) is 3.74. The van der Waals surface area contributed by atoms with Crippen LogP contribution in [-0.2, 0) is 22.6 Å². The summed E-state index contributed by atoms with van der Waals surface area (Å²) >= 11 is 0. The van der Waals surface area contributed by atoms with Gasteiger partial charge in [0.1, 0.15) is 12.3 Å². The average molecular weight is 552 g/mol. The lowest BCUT2D eigenvalue weighted by atomic mass is 10.0. The first-order chi connectivity index (χ1) is 20.2. The fourth-order valence-corrected chi connectivity index (χ4v) is 5.07. The van der Waals surface area contributed by atoms with E-state index in [1.54, 1.807) is 16.1 Å². The molecule has 41 heavy (non-hydrogen) atoms. The van der Waals surface area contributed by atoms with Crippen LogP contribution in [0.4, 0.5) is 0 Å². The third-order valence-electron chi connectivity index (χ3n) is 7.35. The van der Waals surface area contributed by atoms with Crippen LogP contribution in [0.25, 0.3) is 11.1 Å². The summed E-state index contributed by atoms with van der Waals surface area (Å²) in [7, 11) is 0. The van der Waals surface area contributed by atoms with Crippen LogP contribution < -0.4 is 0 Å². The molecule has 0 bridgehead atoms. The van der Waals surface area contributed by atoms with E-state index in [0.29, 0.717) is 31.0 Å². The Morgan fingerprint density at radius 1 is 0.732 bits per heavy atom. The maximum Gasteiger partial charge on any atom is 0.254 e. The van der Waals surface area contributed by atoms with Crippen LogP contribution in [0.3, 0.4) is 0 Å². The van der Waals surface area contributed by atoms with Crippen LogP contribution in [0.5, 0.6) is 0 Å². The SMILES string of the molecule is O=C(CN(CCCN1CCOCC1)C(=O)c1ccc(-c2ccccc2)cc1)N(Cc1ccccc1)Cc1ccco1. The van der Waals surface area contributed by atoms with Gasteiger partial charge in [0.15, 0.2) is 0 Å². The molecule has 4 aromatic rings. The van der Waals surface area contributed by atoms with Crippen molar-refractivity contribution in [3.05, 3.63) is 120 Å². The summed E-state index contributed by atoms with van der Waals surface area (Å²) in [5.74, 6) is 0.444. The molecular formula is C34H37N3O4. The van der Waals surface area contributed by atoms with E-state index in [9.17, 15) is 9.59 Å². The van der Waals surface area contributed by atoms with Crippen molar-refractivity contribution in [2.75, 3.05) is 45.9 Å². The van der Waals surface area contributed by atoms with E-state index in [-0.39, 0.29) is 18.4 Å². The van der Waals surface area contributed by atoms with Crippen LogP contribution in [0, 0.1) is 0 Å². The maximum absolute atomic E-state index is 13.8. The van der Waals surface area contributed by atoms with E-state index in [0.717, 1.165) is 56.0 Å². The van der Waals surface area contributed by atoms with E-state index in [1.807, 2.05) is 97.1 Å². The van der Waals surface area contributed by atoms with Crippen LogP contribution in [-0.4, -0.2) is 72.5 Å². The molecule has 1 aliphatic rings. The van der Waals surface area contributed by atoms with E-state index >= 15 is 0 Å². The Hall–Kier alpha value is -4.20. The molecule has 0 atom stereocenters. The Balaban J connectivity index is 1.32. The van der Waals surface area contributed by atoms with Gasteiger partial charge in [-0.25, -0.2) is 0 Å². The number of amides is 2. The molecular weight excluding hydrogens is 514 g/mol. The number of ether oxygens (including phenoxy) is 1. The lowest BCUT2D eigenvalue weighted by Gasteiger charge is -2.30. The van der Waals surface area contributed by atoms with Crippen molar-refractivity contribution in [1.82, 2.24) is 14.7 Å². The molecule has 3 aromatic carbocycles. The summed E-state index contributed by atoms with van der Waals surface area (Å²) in [6, 6.07) is 31.3. The number of carbonyl (C=O) groups is 2. The van der Waals surface area contributed by atoms with Gasteiger partial charge < -0.3 is 19.0 Å². The molecule has 2 amide bonds. The second-order valence-corrected chi connectivity index (χ2v) is 10.3. The Kier molecular flexibility index (Phi) is 9.98. The number of carbonyl (C=O) groups excluding carboxylic acids is 2. The maximum atomic E-state index is 13.8. The first-order valence-electron chi connectivity index (χ1n) is 14.2. The lowest BCUT2D eigenvalue weighted by Crippen LogP contribution is -2.44. The molecule has 7 nitrogen and oxygen atoms in total. The summed E-state index contributed by atoms with van der Waals surface area (Å²) in [5, 5.41) is 0. The highest BCUT2D eigenvalue weighted by Crippen LogP contribution is 2.20. The highest BCUT2D eigenvalue weighted by molar-refractivity contribution is 5.97. The Bertz CT molecular complexity index is 1350. The van der Waals surface area contributed by atoms with E-state index < -0.39 is 0 Å². The number of nitrogens with zero attached hydrogens (tertiary/aromatic N) is 3. The Morgan fingerprint density at radius 3 is 2.10 bits per heavy atom. The zero-order chi connectivity index (χ0) is 28.3. The van der Waals surface area contributed by atoms with E-state index in [1.165, 1.54) is 0 Å². The normalized spacial score (nSPS) is 13.6. The minimum atomic E-state index is -0.141. The summed E-state index contributed by atoms with van der Waals surface area (Å²) < 4.78 is 11.0. The molecule has 0 unspecified atom stereocenters. The molecule has 0 radical (unpaired) electrons. The van der Waals surface area contributed by atoms with Gasteiger partial charge in [0.05, 0.1) is 26.0 Å². The molecule has 212 valence electrons. The van der Waals surface area contributed by atoms with Gasteiger partial charge in [-0.05, 0) is 47.4 Å². The topological polar surface area (TPSA) is 66.2 Å². The van der Waals surface area contributed by atoms with Gasteiger partial charge in [0.2, 0.25) is 5.91 Å². The first kappa shape index (κ1) is 28.3. The van der Waals surface area contributed by atoms with Crippen LogP contribution in [0.2, 0.25) is 0 Å². The molecule has 0 saturated carbocycles. The predicted molar refractivity (Wildman–Crippen MR) is 159 cm³/mol. The van der Waals surface area contributed by atoms with Crippen LogP contribution in [0.15, 0.2) is 108 Å². The predicted octanol–water partition coefficient (Wildman–Crippen LogP) is 5.34. The van der Waals surface area contributed by atoms with Crippen molar-refractivity contribution in [3.8, 4) is 11.1 Å². The van der Waals surface area contributed by atoms with Crippen molar-refractivity contribution in [3.63, 3.8) is 0 Å². The number of morpholine rings is 1. The third kappa shape index (κ3) is 8.16. The third-order valence-corrected chi connectivity index (χ3v) is 7.35. The Labute approximate surface area is 241 Å². The minimum Gasteiger partial charge on any atom is -0.467 e. The summed E-state index contributed by atoms with van der Waals surface area (Å²) in [4.78, 5) is 33.4. The molecule has 2 heterocycles. The van der Waals surface area contributed by atoms with Gasteiger partial charge in [-0.2, -0.15) is 0 Å². The summed E-state index contributed by atoms with van der Waals surface area (Å²) in [6.45, 7) is 5.35. The molecule has 1 saturated heterocycles. The second kappa shape index (κ2) is 14.4. The van der Waals surface area contributed by atoms with Gasteiger partial charge in [0.25, 0.3) is 5.91 Å². The zero-order valence-electron chi connectivity index (χ0n) is 23.4. The highest BCUT2D eigenvalue weighted by Gasteiger charge is 2.24. The van der Waals surface area contributed by atoms with Gasteiger partial charge in [-0.1, -0.05) is 72.8 Å². The fraction of sp³-hybridized carbons (Fsp3) is 0.294. The van der Waals surface area contributed by atoms with Crippen molar-refractivity contribution in [2.24, 2.45) is 0 Å². The molecule has 1 aromatic heterocycles. The van der Waals surface area contributed by atoms with Crippen molar-refractivity contribution >= 4 is 11.8 Å². The Morgan fingerprint density at radius 2 is 1.41 bits per heavy atom. The standard InChI is InChI=1S/C34H37N3O4/c38-33(37(26-32-13-7-22-41-32)25-28-9-3-1-4-10-28)27-36(19-8-18-35-20-23-40-24-21-35)34(39)31-16-14-30(15-17-31)29-11-5-2-6-12-29/h1-7,9-17,22H,8,18-21,23-27H2. The monoisotopic (exact) mass is 551 g/mol. The number of benzene rings is 3. The highest BCUT2D eigenvalue weighted by atomic mass is 16.5. The minimum absolute atomic E-state index is 0.00404. The van der Waals surface area contributed by atoms with Crippen molar-refractivity contribution in [1.29, 1.82) is 0 Å². The van der Waals surface area contributed by atoms with Gasteiger partial charge in [-0.3, -0.25) is 14.5 Å². The van der Waals surface area contributed by atoms with Crippen LogP contribution >= 0.6 is 0 Å². The number of hydrogen-bond donors (Lipinski definition) is 0. The number of rotatable bonds is 12. The number of hydrogen-bond acceptors (Lipinski definition) is 5. The molecule has 1 aliphatic heterocycles. The average Bonchev–Trinajstić information content (AvgIpc) is 3.55. The van der Waals surface area contributed by atoms with Crippen molar-refractivity contribution in [2.45, 2.75) is 19.5 Å². The molecule has 1 fully saturated rings. The van der Waals surface area contributed by atoms with E-state index in [4.69, 9.17) is 9.15 Å². The smallest absolute Gasteiger partial charge is 0.254 e. The fourth-order valence-electron chi connectivity index (χ4n) is 5.07. The largest absolute Gasteiger partial charge is 0.467 e. The lowest BCUT2D eigenvalue weighted by molar-refractivity contribution is -0.133. The second-order valence-electron chi connectivity index (χ2n) is 10.3. The van der Waals surface area contributed by atoms with Crippen LogP contribution in [0.1, 0.15) is 28.1 Å². The first-order valence-corrected chi connectivity index (χ1v) is 14.2. The zero-order valence-corrected chi connectivity index (χ0v) is 23.4.